The van der Waals surface area contributed by atoms with Gasteiger partial charge in [-0.1, -0.05) is 67.9 Å². The highest BCUT2D eigenvalue weighted by molar-refractivity contribution is 7.21. The van der Waals surface area contributed by atoms with Crippen LogP contribution in [0.15, 0.2) is 54.6 Å². The van der Waals surface area contributed by atoms with E-state index in [0.29, 0.717) is 54.2 Å². The molecule has 0 bridgehead atoms. The Morgan fingerprint density at radius 3 is 2.38 bits per heavy atom. The number of carbonyl (C=O) groups is 2. The number of ether oxygens (including phenoxy) is 1. The Kier molecular flexibility index (Phi) is 8.37. The lowest BCUT2D eigenvalue weighted by atomic mass is 10.0. The largest absolute Gasteiger partial charge is 0.477 e. The van der Waals surface area contributed by atoms with Crippen molar-refractivity contribution in [2.45, 2.75) is 26.9 Å². The van der Waals surface area contributed by atoms with Gasteiger partial charge in [0.25, 0.3) is 0 Å². The highest BCUT2D eigenvalue weighted by Gasteiger charge is 2.30. The number of carboxylic acid groups (broad SMARTS) is 1. The van der Waals surface area contributed by atoms with E-state index in [-0.39, 0.29) is 12.5 Å². The molecule has 0 spiro atoms. The summed E-state index contributed by atoms with van der Waals surface area (Å²) in [5, 5.41) is 14.3. The standard InChI is InChI=1S/C30H32ClN3O4S/c1-19(2)16-32-17-23-27-29(39-28(23)30(36)37)25(20-6-4-3-5-7-20)26(21-8-10-22(31)11-9-21)34(27)18-24(35)33-12-14-38-15-13-33/h3-11,19,32H,12-18H2,1-2H3,(H,36,37). The van der Waals surface area contributed by atoms with E-state index < -0.39 is 5.97 Å². The summed E-state index contributed by atoms with van der Waals surface area (Å²) in [6.07, 6.45) is 0. The van der Waals surface area contributed by atoms with Crippen LogP contribution < -0.4 is 5.32 Å². The fourth-order valence-corrected chi connectivity index (χ4v) is 6.43. The number of rotatable bonds is 9. The van der Waals surface area contributed by atoms with Crippen LogP contribution in [0.1, 0.15) is 29.1 Å². The Balaban J connectivity index is 1.78. The minimum Gasteiger partial charge on any atom is -0.477 e. The maximum atomic E-state index is 13.6. The third-order valence-corrected chi connectivity index (χ3v) is 8.35. The molecule has 1 aliphatic heterocycles. The van der Waals surface area contributed by atoms with Crippen molar-refractivity contribution in [3.05, 3.63) is 70.1 Å². The summed E-state index contributed by atoms with van der Waals surface area (Å²) in [6.45, 7) is 7.57. The minimum absolute atomic E-state index is 0.0193. The summed E-state index contributed by atoms with van der Waals surface area (Å²) in [4.78, 5) is 28.2. The Morgan fingerprint density at radius 1 is 1.05 bits per heavy atom. The van der Waals surface area contributed by atoms with Crippen LogP contribution in [0, 0.1) is 5.92 Å². The van der Waals surface area contributed by atoms with E-state index in [9.17, 15) is 14.7 Å². The SMILES string of the molecule is CC(C)CNCc1c(C(=O)O)sc2c(-c3ccccc3)c(-c3ccc(Cl)cc3)n(CC(=O)N3CCOCC3)c12. The number of halogens is 1. The van der Waals surface area contributed by atoms with E-state index in [4.69, 9.17) is 16.3 Å². The first-order valence-electron chi connectivity index (χ1n) is 13.1. The molecule has 2 aromatic heterocycles. The molecule has 3 heterocycles. The first-order valence-corrected chi connectivity index (χ1v) is 14.3. The summed E-state index contributed by atoms with van der Waals surface area (Å²) in [7, 11) is 0. The molecule has 4 aromatic rings. The van der Waals surface area contributed by atoms with Crippen molar-refractivity contribution < 1.29 is 19.4 Å². The molecule has 1 aliphatic rings. The van der Waals surface area contributed by atoms with Crippen LogP contribution >= 0.6 is 22.9 Å². The Labute approximate surface area is 237 Å². The number of aromatic nitrogens is 1. The molecule has 0 radical (unpaired) electrons. The molecular weight excluding hydrogens is 534 g/mol. The number of nitrogens with one attached hydrogen (secondary N) is 1. The van der Waals surface area contributed by atoms with Crippen molar-refractivity contribution >= 4 is 45.0 Å². The molecule has 0 atom stereocenters. The average Bonchev–Trinajstić information content (AvgIpc) is 3.45. The van der Waals surface area contributed by atoms with Crippen LogP contribution in [0.25, 0.3) is 32.6 Å². The first kappa shape index (κ1) is 27.4. The zero-order valence-corrected chi connectivity index (χ0v) is 23.6. The molecule has 0 unspecified atom stereocenters. The number of carbonyl (C=O) groups excluding carboxylic acids is 1. The first-order chi connectivity index (χ1) is 18.8. The number of hydrogen-bond acceptors (Lipinski definition) is 5. The number of fused-ring (bicyclic) bond motifs is 1. The van der Waals surface area contributed by atoms with E-state index in [2.05, 4.69) is 19.2 Å². The Hall–Kier alpha value is -3.17. The lowest BCUT2D eigenvalue weighted by molar-refractivity contribution is -0.135. The van der Waals surface area contributed by atoms with Gasteiger partial charge >= 0.3 is 5.97 Å². The number of aromatic carboxylic acids is 1. The predicted octanol–water partition coefficient (Wildman–Crippen LogP) is 5.99. The molecule has 9 heteroatoms. The number of hydrogen-bond donors (Lipinski definition) is 2. The molecule has 5 rings (SSSR count). The number of benzene rings is 2. The Bertz CT molecular complexity index is 1470. The van der Waals surface area contributed by atoms with Gasteiger partial charge in [-0.3, -0.25) is 4.79 Å². The zero-order valence-electron chi connectivity index (χ0n) is 22.1. The predicted molar refractivity (Wildman–Crippen MR) is 157 cm³/mol. The van der Waals surface area contributed by atoms with Gasteiger partial charge in [-0.2, -0.15) is 0 Å². The third kappa shape index (κ3) is 5.75. The van der Waals surface area contributed by atoms with Crippen molar-refractivity contribution in [2.75, 3.05) is 32.8 Å². The van der Waals surface area contributed by atoms with Gasteiger partial charge in [0.15, 0.2) is 0 Å². The summed E-state index contributed by atoms with van der Waals surface area (Å²) in [6, 6.07) is 17.6. The van der Waals surface area contributed by atoms with Crippen molar-refractivity contribution in [1.29, 1.82) is 0 Å². The van der Waals surface area contributed by atoms with Gasteiger partial charge in [-0.05, 0) is 35.7 Å². The normalized spacial score (nSPS) is 13.9. The lowest BCUT2D eigenvalue weighted by Gasteiger charge is -2.27. The van der Waals surface area contributed by atoms with Gasteiger partial charge in [0.05, 0.1) is 29.1 Å². The van der Waals surface area contributed by atoms with Crippen LogP contribution in [0.5, 0.6) is 0 Å². The van der Waals surface area contributed by atoms with E-state index in [0.717, 1.165) is 39.1 Å². The number of morpholine rings is 1. The van der Waals surface area contributed by atoms with Gasteiger partial charge < -0.3 is 24.6 Å². The number of thiophene rings is 1. The Morgan fingerprint density at radius 2 is 1.74 bits per heavy atom. The summed E-state index contributed by atoms with van der Waals surface area (Å²) < 4.78 is 8.35. The smallest absolute Gasteiger partial charge is 0.346 e. The minimum atomic E-state index is -0.962. The van der Waals surface area contributed by atoms with Gasteiger partial charge in [-0.15, -0.1) is 11.3 Å². The molecule has 1 amide bonds. The van der Waals surface area contributed by atoms with Crippen LogP contribution in [-0.4, -0.2) is 59.3 Å². The maximum absolute atomic E-state index is 13.6. The van der Waals surface area contributed by atoms with Crippen molar-refractivity contribution in [2.24, 2.45) is 5.92 Å². The van der Waals surface area contributed by atoms with Crippen LogP contribution in [0.2, 0.25) is 5.02 Å². The van der Waals surface area contributed by atoms with E-state index in [1.807, 2.05) is 64.1 Å². The fourth-order valence-electron chi connectivity index (χ4n) is 5.08. The van der Waals surface area contributed by atoms with Crippen LogP contribution in [-0.2, 0) is 22.6 Å². The van der Waals surface area contributed by atoms with Gasteiger partial charge in [0.2, 0.25) is 5.91 Å². The van der Waals surface area contributed by atoms with Gasteiger partial charge in [0, 0.05) is 35.8 Å². The molecule has 39 heavy (non-hydrogen) atoms. The van der Waals surface area contributed by atoms with Crippen LogP contribution in [0.4, 0.5) is 0 Å². The molecule has 7 nitrogen and oxygen atoms in total. The molecule has 204 valence electrons. The second kappa shape index (κ2) is 11.9. The average molecular weight is 566 g/mol. The van der Waals surface area contributed by atoms with Crippen molar-refractivity contribution in [3.8, 4) is 22.4 Å². The van der Waals surface area contributed by atoms with Crippen LogP contribution in [0.3, 0.4) is 0 Å². The number of nitrogens with zero attached hydrogens (tertiary/aromatic N) is 2. The fraction of sp³-hybridized carbons (Fsp3) is 0.333. The molecular formula is C30H32ClN3O4S. The highest BCUT2D eigenvalue weighted by atomic mass is 35.5. The second-order valence-electron chi connectivity index (χ2n) is 10.1. The second-order valence-corrected chi connectivity index (χ2v) is 11.6. The van der Waals surface area contributed by atoms with E-state index >= 15 is 0 Å². The summed E-state index contributed by atoms with van der Waals surface area (Å²) >= 11 is 7.53. The van der Waals surface area contributed by atoms with E-state index in [1.54, 1.807) is 0 Å². The molecule has 1 saturated heterocycles. The summed E-state index contributed by atoms with van der Waals surface area (Å²) in [5.41, 5.74) is 5.17. The highest BCUT2D eigenvalue weighted by Crippen LogP contribution is 2.47. The zero-order chi connectivity index (χ0) is 27.5. The topological polar surface area (TPSA) is 83.8 Å². The quantitative estimate of drug-likeness (QED) is 0.260. The van der Waals surface area contributed by atoms with E-state index in [1.165, 1.54) is 11.3 Å². The molecule has 0 aliphatic carbocycles. The maximum Gasteiger partial charge on any atom is 0.346 e. The molecule has 2 N–H and O–H groups in total. The van der Waals surface area contributed by atoms with Gasteiger partial charge in [-0.25, -0.2) is 4.79 Å². The number of carboxylic acids is 1. The van der Waals surface area contributed by atoms with Crippen molar-refractivity contribution in [1.82, 2.24) is 14.8 Å². The monoisotopic (exact) mass is 565 g/mol. The number of amides is 1. The molecule has 2 aromatic carbocycles. The lowest BCUT2D eigenvalue weighted by Crippen LogP contribution is -2.42. The summed E-state index contributed by atoms with van der Waals surface area (Å²) in [5.74, 6) is -0.573. The third-order valence-electron chi connectivity index (χ3n) is 6.87. The van der Waals surface area contributed by atoms with Crippen molar-refractivity contribution in [3.63, 3.8) is 0 Å². The molecule has 0 saturated carbocycles. The molecule has 1 fully saturated rings. The van der Waals surface area contributed by atoms with Gasteiger partial charge in [0.1, 0.15) is 11.4 Å².